The van der Waals surface area contributed by atoms with E-state index < -0.39 is 0 Å². The van der Waals surface area contributed by atoms with Gasteiger partial charge in [0.25, 0.3) is 0 Å². The molecule has 0 saturated carbocycles. The molecule has 0 bridgehead atoms. The van der Waals surface area contributed by atoms with E-state index in [-0.39, 0.29) is 12.1 Å². The fourth-order valence-corrected chi connectivity index (χ4v) is 5.00. The molecule has 37 heavy (non-hydrogen) atoms. The summed E-state index contributed by atoms with van der Waals surface area (Å²) in [5.74, 6) is 1.20. The minimum atomic E-state index is -0.257. The summed E-state index contributed by atoms with van der Waals surface area (Å²) in [6, 6.07) is 17.9. The van der Waals surface area contributed by atoms with Gasteiger partial charge < -0.3 is 14.5 Å². The molecule has 2 aromatic heterocycles. The number of amides is 1. The number of pyridine rings is 2. The lowest BCUT2D eigenvalue weighted by Crippen LogP contribution is -2.53. The number of benzene rings is 1. The van der Waals surface area contributed by atoms with Gasteiger partial charge >= 0.3 is 6.09 Å². The van der Waals surface area contributed by atoms with E-state index in [0.717, 1.165) is 47.8 Å². The van der Waals surface area contributed by atoms with Crippen LogP contribution in [0, 0.1) is 0 Å². The highest BCUT2D eigenvalue weighted by Gasteiger charge is 2.28. The maximum absolute atomic E-state index is 12.6. The third-order valence-electron chi connectivity index (χ3n) is 7.07. The second-order valence-electron chi connectivity index (χ2n) is 9.77. The van der Waals surface area contributed by atoms with Gasteiger partial charge in [-0.3, -0.25) is 14.7 Å². The van der Waals surface area contributed by atoms with Crippen molar-refractivity contribution in [3.63, 3.8) is 0 Å². The van der Waals surface area contributed by atoms with Crippen molar-refractivity contribution in [1.82, 2.24) is 19.8 Å². The Balaban J connectivity index is 1.16. The van der Waals surface area contributed by atoms with Crippen molar-refractivity contribution in [2.45, 2.75) is 39.0 Å². The molecule has 4 heterocycles. The molecule has 2 aliphatic heterocycles. The largest absolute Gasteiger partial charge is 0.445 e. The van der Waals surface area contributed by atoms with E-state index in [4.69, 9.17) is 9.72 Å². The molecule has 0 radical (unpaired) electrons. The molecule has 0 aliphatic carbocycles. The Hall–Kier alpha value is -3.78. The Bertz CT molecular complexity index is 1210. The van der Waals surface area contributed by atoms with E-state index in [0.29, 0.717) is 44.9 Å². The number of ketones is 1. The van der Waals surface area contributed by atoms with Gasteiger partial charge in [0.05, 0.1) is 5.69 Å². The van der Waals surface area contributed by atoms with Gasteiger partial charge in [-0.2, -0.15) is 0 Å². The molecule has 1 aromatic carbocycles. The SMILES string of the molecule is C[C@H]1CN(Cc2ccc(-c3cccnc3N3CCC(=O)CC3)nc2)CCN1C(=O)OCc1ccccc1. The van der Waals surface area contributed by atoms with Crippen molar-refractivity contribution < 1.29 is 14.3 Å². The molecule has 2 fully saturated rings. The summed E-state index contributed by atoms with van der Waals surface area (Å²) in [4.78, 5) is 40.0. The second-order valence-corrected chi connectivity index (χ2v) is 9.77. The number of carbonyl (C=O) groups is 2. The fourth-order valence-electron chi connectivity index (χ4n) is 5.00. The van der Waals surface area contributed by atoms with Gasteiger partial charge in [-0.1, -0.05) is 36.4 Å². The molecular weight excluding hydrogens is 466 g/mol. The lowest BCUT2D eigenvalue weighted by atomic mass is 10.1. The van der Waals surface area contributed by atoms with Gasteiger partial charge in [0, 0.05) is 76.1 Å². The van der Waals surface area contributed by atoms with Crippen LogP contribution in [-0.2, 0) is 22.7 Å². The first-order chi connectivity index (χ1) is 18.1. The fraction of sp³-hybridized carbons (Fsp3) is 0.379. The number of Topliss-reactive ketones (excluding diaryl/α,β-unsaturated/α-hetero) is 1. The number of hydrogen-bond acceptors (Lipinski definition) is 7. The summed E-state index contributed by atoms with van der Waals surface area (Å²) >= 11 is 0. The molecule has 0 N–H and O–H groups in total. The average Bonchev–Trinajstić information content (AvgIpc) is 2.93. The molecule has 3 aromatic rings. The Morgan fingerprint density at radius 3 is 2.49 bits per heavy atom. The first kappa shape index (κ1) is 24.9. The zero-order chi connectivity index (χ0) is 25.6. The molecule has 8 nitrogen and oxygen atoms in total. The molecule has 192 valence electrons. The van der Waals surface area contributed by atoms with Crippen LogP contribution in [0.25, 0.3) is 11.3 Å². The maximum Gasteiger partial charge on any atom is 0.410 e. The molecule has 0 unspecified atom stereocenters. The topological polar surface area (TPSA) is 78.9 Å². The third-order valence-corrected chi connectivity index (χ3v) is 7.07. The minimum absolute atomic E-state index is 0.0682. The number of rotatable bonds is 6. The Morgan fingerprint density at radius 1 is 0.946 bits per heavy atom. The maximum atomic E-state index is 12.6. The van der Waals surface area contributed by atoms with Gasteiger partial charge in [-0.15, -0.1) is 0 Å². The van der Waals surface area contributed by atoms with Crippen molar-refractivity contribution in [2.75, 3.05) is 37.6 Å². The van der Waals surface area contributed by atoms with Crippen LogP contribution in [-0.4, -0.2) is 70.4 Å². The molecule has 0 spiro atoms. The summed E-state index contributed by atoms with van der Waals surface area (Å²) in [7, 11) is 0. The normalized spacial score (nSPS) is 18.6. The second kappa shape index (κ2) is 11.5. The average molecular weight is 500 g/mol. The number of carbonyl (C=O) groups excluding carboxylic acids is 2. The smallest absolute Gasteiger partial charge is 0.410 e. The van der Waals surface area contributed by atoms with Gasteiger partial charge in [0.2, 0.25) is 0 Å². The van der Waals surface area contributed by atoms with Crippen LogP contribution in [0.15, 0.2) is 67.0 Å². The predicted molar refractivity (Wildman–Crippen MR) is 142 cm³/mol. The van der Waals surface area contributed by atoms with Crippen LogP contribution in [0.2, 0.25) is 0 Å². The van der Waals surface area contributed by atoms with E-state index in [9.17, 15) is 9.59 Å². The third kappa shape index (κ3) is 6.14. The van der Waals surface area contributed by atoms with Crippen LogP contribution in [0.3, 0.4) is 0 Å². The highest BCUT2D eigenvalue weighted by Crippen LogP contribution is 2.29. The van der Waals surface area contributed by atoms with Crippen molar-refractivity contribution >= 4 is 17.7 Å². The van der Waals surface area contributed by atoms with Crippen molar-refractivity contribution in [3.8, 4) is 11.3 Å². The zero-order valence-corrected chi connectivity index (χ0v) is 21.3. The van der Waals surface area contributed by atoms with Crippen molar-refractivity contribution in [3.05, 3.63) is 78.1 Å². The van der Waals surface area contributed by atoms with Crippen LogP contribution in [0.4, 0.5) is 10.6 Å². The van der Waals surface area contributed by atoms with E-state index in [1.54, 1.807) is 6.20 Å². The van der Waals surface area contributed by atoms with Crippen LogP contribution < -0.4 is 4.90 Å². The molecule has 2 aliphatic rings. The first-order valence-electron chi connectivity index (χ1n) is 12.9. The Morgan fingerprint density at radius 2 is 1.76 bits per heavy atom. The summed E-state index contributed by atoms with van der Waals surface area (Å²) in [6.07, 6.45) is 4.60. The van der Waals surface area contributed by atoms with Gasteiger partial charge in [0.15, 0.2) is 0 Å². The van der Waals surface area contributed by atoms with E-state index in [1.165, 1.54) is 0 Å². The van der Waals surface area contributed by atoms with E-state index >= 15 is 0 Å². The standard InChI is InChI=1S/C29H33N5O3/c1-22-19-32(16-17-34(22)29(36)37-21-23-6-3-2-4-7-23)20-24-9-10-27(31-18-24)26-8-5-13-30-28(26)33-14-11-25(35)12-15-33/h2-10,13,18,22H,11-12,14-17,19-21H2,1H3/t22-/m0/s1. The number of anilines is 1. The summed E-state index contributed by atoms with van der Waals surface area (Å²) in [6.45, 7) is 6.73. The minimum Gasteiger partial charge on any atom is -0.445 e. The van der Waals surface area contributed by atoms with Gasteiger partial charge in [-0.25, -0.2) is 9.78 Å². The summed E-state index contributed by atoms with van der Waals surface area (Å²) in [5, 5.41) is 0. The van der Waals surface area contributed by atoms with E-state index in [2.05, 4.69) is 27.8 Å². The molecule has 5 rings (SSSR count). The van der Waals surface area contributed by atoms with E-state index in [1.807, 2.05) is 59.6 Å². The monoisotopic (exact) mass is 499 g/mol. The predicted octanol–water partition coefficient (Wildman–Crippen LogP) is 4.16. The summed E-state index contributed by atoms with van der Waals surface area (Å²) in [5.41, 5.74) is 3.98. The number of piperidine rings is 1. The highest BCUT2D eigenvalue weighted by atomic mass is 16.6. The first-order valence-corrected chi connectivity index (χ1v) is 12.9. The molecule has 1 atom stereocenters. The molecule has 1 amide bonds. The van der Waals surface area contributed by atoms with Crippen LogP contribution in [0.5, 0.6) is 0 Å². The number of aromatic nitrogens is 2. The van der Waals surface area contributed by atoms with Crippen LogP contribution in [0.1, 0.15) is 30.9 Å². The number of ether oxygens (including phenoxy) is 1. The quantitative estimate of drug-likeness (QED) is 0.504. The number of nitrogens with zero attached hydrogens (tertiary/aromatic N) is 5. The van der Waals surface area contributed by atoms with Crippen molar-refractivity contribution in [2.24, 2.45) is 0 Å². The summed E-state index contributed by atoms with van der Waals surface area (Å²) < 4.78 is 5.54. The molecular formula is C29H33N5O3. The zero-order valence-electron chi connectivity index (χ0n) is 21.3. The Labute approximate surface area is 217 Å². The molecule has 8 heteroatoms. The Kier molecular flexibility index (Phi) is 7.75. The molecule has 2 saturated heterocycles. The van der Waals surface area contributed by atoms with Crippen LogP contribution >= 0.6 is 0 Å². The lowest BCUT2D eigenvalue weighted by Gasteiger charge is -2.39. The highest BCUT2D eigenvalue weighted by molar-refractivity contribution is 5.82. The van der Waals surface area contributed by atoms with Gasteiger partial charge in [0.1, 0.15) is 18.2 Å². The number of hydrogen-bond donors (Lipinski definition) is 0. The van der Waals surface area contributed by atoms with Gasteiger partial charge in [-0.05, 0) is 36.2 Å². The van der Waals surface area contributed by atoms with Crippen molar-refractivity contribution in [1.29, 1.82) is 0 Å². The lowest BCUT2D eigenvalue weighted by molar-refractivity contribution is -0.119. The number of piperazine rings is 1.